The van der Waals surface area contributed by atoms with Crippen LogP contribution in [-0.2, 0) is 6.18 Å². The highest BCUT2D eigenvalue weighted by atomic mass is 32.1. The van der Waals surface area contributed by atoms with E-state index in [-0.39, 0.29) is 25.0 Å². The van der Waals surface area contributed by atoms with Gasteiger partial charge in [-0.2, -0.15) is 26.7 Å². The molecular formula is C20H24F3NOS. The molecule has 0 aromatic heterocycles. The fourth-order valence-electron chi connectivity index (χ4n) is 2.99. The minimum atomic E-state index is -4.57. The van der Waals surface area contributed by atoms with Crippen LogP contribution >= 0.6 is 13.5 Å². The maximum Gasteiger partial charge on any atom is 0.417 e. The lowest BCUT2D eigenvalue weighted by Crippen LogP contribution is -2.19. The molecule has 2 aromatic rings. The molecule has 0 aliphatic heterocycles. The first-order valence-corrected chi connectivity index (χ1v) is 8.26. The Labute approximate surface area is 159 Å². The lowest BCUT2D eigenvalue weighted by atomic mass is 9.91. The van der Waals surface area contributed by atoms with Gasteiger partial charge in [0.25, 0.3) is 5.91 Å². The first-order chi connectivity index (χ1) is 11.7. The molecule has 26 heavy (non-hydrogen) atoms. The van der Waals surface area contributed by atoms with E-state index in [9.17, 15) is 18.0 Å². The maximum absolute atomic E-state index is 13.1. The summed E-state index contributed by atoms with van der Waals surface area (Å²) in [6.07, 6.45) is -3.65. The Morgan fingerprint density at radius 1 is 1.00 bits per heavy atom. The van der Waals surface area contributed by atoms with Crippen LogP contribution in [-0.4, -0.2) is 5.91 Å². The van der Waals surface area contributed by atoms with Crippen molar-refractivity contribution in [2.45, 2.75) is 39.3 Å². The molecule has 0 bridgehead atoms. The molecule has 0 spiro atoms. The van der Waals surface area contributed by atoms with Gasteiger partial charge in [-0.1, -0.05) is 51.1 Å². The van der Waals surface area contributed by atoms with E-state index in [1.165, 1.54) is 18.2 Å². The minimum Gasteiger partial charge on any atom is -0.322 e. The van der Waals surface area contributed by atoms with Crippen LogP contribution in [0.25, 0.3) is 0 Å². The second-order valence-corrected chi connectivity index (χ2v) is 6.62. The highest BCUT2D eigenvalue weighted by molar-refractivity contribution is 7.59. The Hall–Kier alpha value is -1.95. The zero-order valence-corrected chi connectivity index (χ0v) is 16.0. The van der Waals surface area contributed by atoms with E-state index in [1.54, 1.807) is 12.1 Å². The molecular weight excluding hydrogens is 359 g/mol. The molecule has 0 saturated heterocycles. The number of alkyl halides is 3. The summed E-state index contributed by atoms with van der Waals surface area (Å²) in [5.41, 5.74) is 0.174. The molecule has 1 amide bonds. The highest BCUT2D eigenvalue weighted by Crippen LogP contribution is 2.33. The van der Waals surface area contributed by atoms with Crippen LogP contribution in [0, 0.1) is 5.92 Å². The molecule has 2 rings (SSSR count). The van der Waals surface area contributed by atoms with Crippen LogP contribution in [0.2, 0.25) is 0 Å². The molecule has 0 radical (unpaired) electrons. The number of carbonyl (C=O) groups excluding carboxylic acids is 1. The Morgan fingerprint density at radius 2 is 1.58 bits per heavy atom. The number of hydrogen-bond donors (Lipinski definition) is 1. The van der Waals surface area contributed by atoms with E-state index in [1.807, 2.05) is 12.1 Å². The molecule has 0 fully saturated rings. The predicted molar refractivity (Wildman–Crippen MR) is 104 cm³/mol. The Bertz CT molecular complexity index is 744. The van der Waals surface area contributed by atoms with E-state index in [2.05, 4.69) is 26.1 Å². The van der Waals surface area contributed by atoms with Gasteiger partial charge in [-0.15, -0.1) is 0 Å². The number of halogens is 3. The molecule has 2 nitrogen and oxygen atoms in total. The van der Waals surface area contributed by atoms with Gasteiger partial charge < -0.3 is 5.32 Å². The second-order valence-electron chi connectivity index (χ2n) is 6.62. The van der Waals surface area contributed by atoms with Crippen molar-refractivity contribution in [3.8, 4) is 0 Å². The van der Waals surface area contributed by atoms with Gasteiger partial charge >= 0.3 is 6.18 Å². The number of para-hydroxylation sites is 1. The molecule has 0 aliphatic rings. The van der Waals surface area contributed by atoms with Gasteiger partial charge in [-0.3, -0.25) is 4.79 Å². The van der Waals surface area contributed by atoms with Crippen molar-refractivity contribution in [2.24, 2.45) is 5.92 Å². The average molecular weight is 383 g/mol. The van der Waals surface area contributed by atoms with Gasteiger partial charge in [-0.05, 0) is 42.0 Å². The van der Waals surface area contributed by atoms with Crippen LogP contribution in [0.15, 0.2) is 48.5 Å². The smallest absolute Gasteiger partial charge is 0.322 e. The van der Waals surface area contributed by atoms with Gasteiger partial charge in [-0.25, -0.2) is 0 Å². The monoisotopic (exact) mass is 383 g/mol. The first-order valence-electron chi connectivity index (χ1n) is 8.26. The third kappa shape index (κ3) is 5.53. The van der Waals surface area contributed by atoms with Crippen molar-refractivity contribution in [3.63, 3.8) is 0 Å². The van der Waals surface area contributed by atoms with Crippen molar-refractivity contribution in [1.29, 1.82) is 0 Å². The summed E-state index contributed by atoms with van der Waals surface area (Å²) in [7, 11) is 0. The molecule has 2 aromatic carbocycles. The zero-order valence-electron chi connectivity index (χ0n) is 15.0. The van der Waals surface area contributed by atoms with E-state index in [0.717, 1.165) is 18.1 Å². The summed E-state index contributed by atoms with van der Waals surface area (Å²) in [6, 6.07) is 12.1. The Kier molecular flexibility index (Phi) is 7.75. The van der Waals surface area contributed by atoms with Crippen LogP contribution in [0.3, 0.4) is 0 Å². The van der Waals surface area contributed by atoms with E-state index in [4.69, 9.17) is 0 Å². The average Bonchev–Trinajstić information content (AvgIpc) is 2.54. The summed E-state index contributed by atoms with van der Waals surface area (Å²) in [5.74, 6) is -0.0869. The normalized spacial score (nSPS) is 12.4. The first kappa shape index (κ1) is 22.1. The molecule has 0 saturated carbocycles. The number of amides is 1. The molecule has 0 aliphatic carbocycles. The quantitative estimate of drug-likeness (QED) is 0.652. The fraction of sp³-hybridized carbons (Fsp3) is 0.350. The number of rotatable bonds is 5. The predicted octanol–water partition coefficient (Wildman–Crippen LogP) is 6.22. The van der Waals surface area contributed by atoms with Gasteiger partial charge in [0, 0.05) is 5.69 Å². The topological polar surface area (TPSA) is 29.1 Å². The molecule has 6 heteroatoms. The number of hydrogen-bond acceptors (Lipinski definition) is 1. The molecule has 0 heterocycles. The van der Waals surface area contributed by atoms with E-state index in [0.29, 0.717) is 11.6 Å². The van der Waals surface area contributed by atoms with Crippen molar-refractivity contribution in [1.82, 2.24) is 0 Å². The fourth-order valence-corrected chi connectivity index (χ4v) is 2.99. The summed E-state index contributed by atoms with van der Waals surface area (Å²) in [4.78, 5) is 12.5. The zero-order chi connectivity index (χ0) is 18.6. The molecule has 142 valence electrons. The maximum atomic E-state index is 13.1. The summed E-state index contributed by atoms with van der Waals surface area (Å²) >= 11 is 0. The lowest BCUT2D eigenvalue weighted by Gasteiger charge is -2.19. The van der Waals surface area contributed by atoms with Crippen molar-refractivity contribution in [3.05, 3.63) is 65.2 Å². The number of nitrogens with one attached hydrogen (secondary N) is 1. The van der Waals surface area contributed by atoms with Gasteiger partial charge in [0.1, 0.15) is 0 Å². The van der Waals surface area contributed by atoms with Crippen molar-refractivity contribution >= 4 is 25.1 Å². The number of carbonyl (C=O) groups is 1. The van der Waals surface area contributed by atoms with Crippen LogP contribution < -0.4 is 5.32 Å². The lowest BCUT2D eigenvalue weighted by molar-refractivity contribution is -0.137. The highest BCUT2D eigenvalue weighted by Gasteiger charge is 2.34. The van der Waals surface area contributed by atoms with E-state index >= 15 is 0 Å². The molecule has 1 N–H and O–H groups in total. The SMILES string of the molecule is CC(C)C[C@H](C)c1ccccc1NC(=O)c1ccccc1C(F)(F)F.S. The van der Waals surface area contributed by atoms with Gasteiger partial charge in [0.15, 0.2) is 0 Å². The minimum absolute atomic E-state index is 0. The third-order valence-corrected chi connectivity index (χ3v) is 4.04. The molecule has 0 unspecified atom stereocenters. The summed E-state index contributed by atoms with van der Waals surface area (Å²) < 4.78 is 39.4. The van der Waals surface area contributed by atoms with Crippen molar-refractivity contribution < 1.29 is 18.0 Å². The largest absolute Gasteiger partial charge is 0.417 e. The number of anilines is 1. The van der Waals surface area contributed by atoms with Crippen LogP contribution in [0.5, 0.6) is 0 Å². The standard InChI is InChI=1S/C20H22F3NO.H2S/c1-13(2)12-14(3)15-8-5-7-11-18(15)24-19(25)16-9-4-6-10-17(16)20(21,22)23;/h4-11,13-14H,12H2,1-3H3,(H,24,25);1H2/t14-;/m0./s1. The third-order valence-electron chi connectivity index (χ3n) is 4.04. The van der Waals surface area contributed by atoms with Crippen LogP contribution in [0.4, 0.5) is 18.9 Å². The Balaban J connectivity index is 0.00000338. The second kappa shape index (κ2) is 9.12. The van der Waals surface area contributed by atoms with E-state index < -0.39 is 17.6 Å². The van der Waals surface area contributed by atoms with Gasteiger partial charge in [0.05, 0.1) is 11.1 Å². The van der Waals surface area contributed by atoms with Gasteiger partial charge in [0.2, 0.25) is 0 Å². The molecule has 1 atom stereocenters. The Morgan fingerprint density at radius 3 is 2.19 bits per heavy atom. The van der Waals surface area contributed by atoms with Crippen LogP contribution in [0.1, 0.15) is 54.6 Å². The summed E-state index contributed by atoms with van der Waals surface area (Å²) in [5, 5.41) is 2.65. The summed E-state index contributed by atoms with van der Waals surface area (Å²) in [6.45, 7) is 6.27. The van der Waals surface area contributed by atoms with Crippen molar-refractivity contribution in [2.75, 3.05) is 5.32 Å². The number of benzene rings is 2.